The van der Waals surface area contributed by atoms with Crippen LogP contribution in [0.25, 0.3) is 0 Å². The van der Waals surface area contributed by atoms with Crippen molar-refractivity contribution in [2.24, 2.45) is 5.41 Å². The van der Waals surface area contributed by atoms with Gasteiger partial charge in [0, 0.05) is 49.3 Å². The molecule has 5 heterocycles. The Morgan fingerprint density at radius 2 is 1.59 bits per heavy atom. The van der Waals surface area contributed by atoms with Gasteiger partial charge in [0.2, 0.25) is 10.0 Å². The van der Waals surface area contributed by atoms with Gasteiger partial charge < -0.3 is 9.97 Å². The lowest BCUT2D eigenvalue weighted by molar-refractivity contribution is 0.0188. The number of hydrogen-bond acceptors (Lipinski definition) is 7. The molecule has 6 rings (SSSR count). The number of aromatic nitrogens is 4. The first-order chi connectivity index (χ1) is 19.9. The van der Waals surface area contributed by atoms with Crippen molar-refractivity contribution < 1.29 is 8.42 Å². The van der Waals surface area contributed by atoms with Crippen LogP contribution in [0.1, 0.15) is 53.3 Å². The van der Waals surface area contributed by atoms with Crippen molar-refractivity contribution in [3.8, 4) is 0 Å². The normalized spacial score (nSPS) is 18.4. The summed E-state index contributed by atoms with van der Waals surface area (Å²) in [5, 5.41) is 2.20. The SMILES string of the molecule is Cc1ccsc1CN1CCC2(CCCN(Cc3ccc(S(=O)(=O)N(Cc4ncc[nH]4)Cc4ncc[nH]4)cc3)C2)CC1. The van der Waals surface area contributed by atoms with E-state index >= 15 is 0 Å². The Hall–Kier alpha value is -2.83. The van der Waals surface area contributed by atoms with Gasteiger partial charge in [-0.25, -0.2) is 18.4 Å². The molecule has 0 amide bonds. The number of imidazole rings is 2. The molecule has 0 unspecified atom stereocenters. The number of aryl methyl sites for hydroxylation is 1. The number of rotatable bonds is 10. The van der Waals surface area contributed by atoms with Crippen LogP contribution in [0.3, 0.4) is 0 Å². The Labute approximate surface area is 246 Å². The molecule has 2 aliphatic heterocycles. The second-order valence-corrected chi connectivity index (χ2v) is 14.5. The summed E-state index contributed by atoms with van der Waals surface area (Å²) < 4.78 is 28.7. The first-order valence-electron chi connectivity index (χ1n) is 14.4. The van der Waals surface area contributed by atoms with Crippen LogP contribution < -0.4 is 0 Å². The van der Waals surface area contributed by atoms with Gasteiger partial charge in [0.1, 0.15) is 11.6 Å². The van der Waals surface area contributed by atoms with E-state index in [1.54, 1.807) is 36.9 Å². The highest BCUT2D eigenvalue weighted by atomic mass is 32.2. The Kier molecular flexibility index (Phi) is 8.41. The van der Waals surface area contributed by atoms with E-state index in [0.717, 1.165) is 31.7 Å². The van der Waals surface area contributed by atoms with Crippen LogP contribution >= 0.6 is 11.3 Å². The molecule has 4 aromatic rings. The van der Waals surface area contributed by atoms with Crippen LogP contribution in [0.5, 0.6) is 0 Å². The van der Waals surface area contributed by atoms with E-state index in [2.05, 4.69) is 48.1 Å². The lowest BCUT2D eigenvalue weighted by atomic mass is 9.72. The number of nitrogens with zero attached hydrogens (tertiary/aromatic N) is 5. The summed E-state index contributed by atoms with van der Waals surface area (Å²) in [5.41, 5.74) is 2.97. The third-order valence-electron chi connectivity index (χ3n) is 8.72. The van der Waals surface area contributed by atoms with E-state index in [-0.39, 0.29) is 18.0 Å². The van der Waals surface area contributed by atoms with Crippen LogP contribution in [-0.4, -0.2) is 68.6 Å². The van der Waals surface area contributed by atoms with E-state index < -0.39 is 10.0 Å². The minimum atomic E-state index is -3.76. The molecule has 11 heteroatoms. The van der Waals surface area contributed by atoms with Crippen molar-refractivity contribution in [1.29, 1.82) is 0 Å². The maximum atomic E-state index is 13.7. The number of likely N-dealkylation sites (tertiary alicyclic amines) is 2. The number of nitrogens with one attached hydrogen (secondary N) is 2. The molecular formula is C30H39N7O2S2. The zero-order valence-corrected chi connectivity index (χ0v) is 25.3. The Bertz CT molecular complexity index is 1450. The van der Waals surface area contributed by atoms with E-state index in [0.29, 0.717) is 17.1 Å². The van der Waals surface area contributed by atoms with Gasteiger partial charge in [0.05, 0.1) is 18.0 Å². The zero-order valence-electron chi connectivity index (χ0n) is 23.6. The van der Waals surface area contributed by atoms with Crippen LogP contribution in [0.2, 0.25) is 0 Å². The standard InChI is InChI=1S/C30H39N7O2S2/c1-24-7-18-40-27(24)20-35-16-9-30(10-17-35)8-2-15-36(23-30)19-25-3-5-26(6-4-25)41(38,39)37(21-28-31-11-12-32-28)22-29-33-13-14-34-29/h3-7,11-14,18H,2,8-10,15-17,19-23H2,1H3,(H,31,32)(H,33,34). The topological polar surface area (TPSA) is 101 Å². The fourth-order valence-electron chi connectivity index (χ4n) is 6.31. The third kappa shape index (κ3) is 6.65. The maximum absolute atomic E-state index is 13.7. The third-order valence-corrected chi connectivity index (χ3v) is 11.5. The first kappa shape index (κ1) is 28.3. The number of hydrogen-bond donors (Lipinski definition) is 2. The van der Waals surface area contributed by atoms with Crippen molar-refractivity contribution >= 4 is 21.4 Å². The van der Waals surface area contributed by atoms with Gasteiger partial charge >= 0.3 is 0 Å². The molecule has 0 radical (unpaired) electrons. The molecule has 2 fully saturated rings. The highest BCUT2D eigenvalue weighted by molar-refractivity contribution is 7.89. The van der Waals surface area contributed by atoms with Gasteiger partial charge in [-0.1, -0.05) is 12.1 Å². The molecule has 0 aliphatic carbocycles. The fraction of sp³-hybridized carbons (Fsp3) is 0.467. The van der Waals surface area contributed by atoms with Crippen molar-refractivity contribution in [3.63, 3.8) is 0 Å². The minimum Gasteiger partial charge on any atom is -0.347 e. The van der Waals surface area contributed by atoms with Crippen LogP contribution in [0.4, 0.5) is 0 Å². The van der Waals surface area contributed by atoms with Crippen LogP contribution in [-0.2, 0) is 36.2 Å². The summed E-state index contributed by atoms with van der Waals surface area (Å²) in [7, 11) is -3.76. The number of aromatic amines is 2. The molecule has 41 heavy (non-hydrogen) atoms. The van der Waals surface area contributed by atoms with E-state index in [1.807, 2.05) is 23.5 Å². The summed E-state index contributed by atoms with van der Waals surface area (Å²) >= 11 is 1.88. The number of sulfonamides is 1. The maximum Gasteiger partial charge on any atom is 0.243 e. The number of thiophene rings is 1. The lowest BCUT2D eigenvalue weighted by Gasteiger charge is -2.48. The van der Waals surface area contributed by atoms with Crippen molar-refractivity contribution in [1.82, 2.24) is 34.0 Å². The number of benzene rings is 1. The molecular weight excluding hydrogens is 555 g/mol. The highest BCUT2D eigenvalue weighted by Gasteiger charge is 2.38. The minimum absolute atomic E-state index is 0.137. The van der Waals surface area contributed by atoms with Gasteiger partial charge in [0.25, 0.3) is 0 Å². The van der Waals surface area contributed by atoms with Crippen LogP contribution in [0, 0.1) is 12.3 Å². The summed E-state index contributed by atoms with van der Waals surface area (Å²) in [6.07, 6.45) is 11.7. The Morgan fingerprint density at radius 3 is 2.17 bits per heavy atom. The van der Waals surface area contributed by atoms with Gasteiger partial charge in [-0.2, -0.15) is 4.31 Å². The molecule has 1 spiro atoms. The molecule has 0 saturated carbocycles. The Morgan fingerprint density at radius 1 is 0.902 bits per heavy atom. The zero-order chi connectivity index (χ0) is 28.3. The molecule has 2 saturated heterocycles. The monoisotopic (exact) mass is 593 g/mol. The average Bonchev–Trinajstić information content (AvgIpc) is 3.75. The second-order valence-electron chi connectivity index (χ2n) is 11.6. The van der Waals surface area contributed by atoms with Crippen LogP contribution in [0.15, 0.2) is 65.4 Å². The van der Waals surface area contributed by atoms with Gasteiger partial charge in [0.15, 0.2) is 0 Å². The van der Waals surface area contributed by atoms with Gasteiger partial charge in [-0.3, -0.25) is 9.80 Å². The second kappa shape index (κ2) is 12.2. The fourth-order valence-corrected chi connectivity index (χ4v) is 8.62. The molecule has 218 valence electrons. The predicted molar refractivity (Wildman–Crippen MR) is 161 cm³/mol. The number of piperidine rings is 2. The lowest BCUT2D eigenvalue weighted by Crippen LogP contribution is -2.49. The van der Waals surface area contributed by atoms with E-state index in [9.17, 15) is 8.42 Å². The summed E-state index contributed by atoms with van der Waals surface area (Å²) in [6.45, 7) is 8.99. The number of H-pyrrole nitrogens is 2. The molecule has 0 atom stereocenters. The van der Waals surface area contributed by atoms with Gasteiger partial charge in [-0.05, 0) is 92.4 Å². The van der Waals surface area contributed by atoms with E-state index in [4.69, 9.17) is 0 Å². The van der Waals surface area contributed by atoms with Crippen molar-refractivity contribution in [2.75, 3.05) is 26.2 Å². The average molecular weight is 594 g/mol. The molecule has 9 nitrogen and oxygen atoms in total. The van der Waals surface area contributed by atoms with Gasteiger partial charge in [-0.15, -0.1) is 11.3 Å². The Balaban J connectivity index is 1.08. The smallest absolute Gasteiger partial charge is 0.243 e. The quantitative estimate of drug-likeness (QED) is 0.275. The highest BCUT2D eigenvalue weighted by Crippen LogP contribution is 2.40. The first-order valence-corrected chi connectivity index (χ1v) is 16.7. The summed E-state index contributed by atoms with van der Waals surface area (Å²) in [6, 6.07) is 9.65. The predicted octanol–water partition coefficient (Wildman–Crippen LogP) is 4.77. The van der Waals surface area contributed by atoms with Crippen molar-refractivity contribution in [3.05, 3.63) is 88.2 Å². The molecule has 1 aromatic carbocycles. The molecule has 3 aromatic heterocycles. The molecule has 0 bridgehead atoms. The molecule has 2 aliphatic rings. The van der Waals surface area contributed by atoms with Crippen molar-refractivity contribution in [2.45, 2.75) is 63.7 Å². The van der Waals surface area contributed by atoms with E-state index in [1.165, 1.54) is 53.5 Å². The summed E-state index contributed by atoms with van der Waals surface area (Å²) in [5.74, 6) is 1.17. The summed E-state index contributed by atoms with van der Waals surface area (Å²) in [4.78, 5) is 21.5. The largest absolute Gasteiger partial charge is 0.347 e. The molecule has 2 N–H and O–H groups in total.